The van der Waals surface area contributed by atoms with Crippen molar-refractivity contribution >= 4 is 23.2 Å². The molecule has 1 aliphatic rings. The van der Waals surface area contributed by atoms with Gasteiger partial charge in [0.25, 0.3) is 5.91 Å². The number of thiazole rings is 1. The van der Waals surface area contributed by atoms with Gasteiger partial charge in [0, 0.05) is 44.1 Å². The molecule has 3 rings (SSSR count). The summed E-state index contributed by atoms with van der Waals surface area (Å²) in [6.07, 6.45) is 5.14. The zero-order chi connectivity index (χ0) is 21.5. The van der Waals surface area contributed by atoms with Crippen LogP contribution in [0, 0.1) is 12.8 Å². The summed E-state index contributed by atoms with van der Waals surface area (Å²) in [5, 5.41) is 3.85. The van der Waals surface area contributed by atoms with Crippen molar-refractivity contribution in [2.24, 2.45) is 5.92 Å². The number of amides is 2. The minimum atomic E-state index is -0.148. The van der Waals surface area contributed by atoms with Crippen LogP contribution in [0.2, 0.25) is 0 Å². The Hall–Kier alpha value is -2.32. The van der Waals surface area contributed by atoms with Crippen LogP contribution in [0.3, 0.4) is 0 Å². The number of hydrogen-bond donors (Lipinski definition) is 1. The largest absolute Gasteiger partial charge is 0.355 e. The highest BCUT2D eigenvalue weighted by Crippen LogP contribution is 2.29. The van der Waals surface area contributed by atoms with Crippen molar-refractivity contribution in [2.45, 2.75) is 33.6 Å². The van der Waals surface area contributed by atoms with E-state index in [1.165, 1.54) is 11.3 Å². The van der Waals surface area contributed by atoms with Crippen LogP contribution in [-0.2, 0) is 4.79 Å². The Kier molecular flexibility index (Phi) is 7.93. The van der Waals surface area contributed by atoms with Crippen LogP contribution in [0.25, 0.3) is 10.6 Å². The predicted octanol–water partition coefficient (Wildman–Crippen LogP) is 2.82. The molecule has 1 unspecified atom stereocenters. The van der Waals surface area contributed by atoms with Crippen LogP contribution in [-0.4, -0.2) is 70.9 Å². The van der Waals surface area contributed by atoms with E-state index in [0.29, 0.717) is 24.5 Å². The van der Waals surface area contributed by atoms with Crippen LogP contribution in [0.5, 0.6) is 0 Å². The molecule has 0 bridgehead atoms. The fourth-order valence-corrected chi connectivity index (χ4v) is 4.77. The Bertz CT molecular complexity index is 850. The summed E-state index contributed by atoms with van der Waals surface area (Å²) in [6, 6.07) is 3.81. The number of nitrogens with one attached hydrogen (secondary N) is 1. The van der Waals surface area contributed by atoms with Gasteiger partial charge in [-0.3, -0.25) is 14.6 Å². The summed E-state index contributed by atoms with van der Waals surface area (Å²) in [5.74, 6) is -0.122. The first-order chi connectivity index (χ1) is 14.5. The summed E-state index contributed by atoms with van der Waals surface area (Å²) >= 11 is 1.40. The lowest BCUT2D eigenvalue weighted by Gasteiger charge is -2.32. The summed E-state index contributed by atoms with van der Waals surface area (Å²) in [6.45, 7) is 10.7. The predicted molar refractivity (Wildman–Crippen MR) is 120 cm³/mol. The lowest BCUT2D eigenvalue weighted by Crippen LogP contribution is -2.46. The second-order valence-electron chi connectivity index (χ2n) is 7.58. The summed E-state index contributed by atoms with van der Waals surface area (Å²) in [7, 11) is 0. The van der Waals surface area contributed by atoms with Gasteiger partial charge >= 0.3 is 0 Å². The lowest BCUT2D eigenvalue weighted by atomic mass is 9.97. The number of carbonyl (C=O) groups excluding carboxylic acids is 2. The minimum absolute atomic E-state index is 0.0271. The molecule has 1 atom stereocenters. The topological polar surface area (TPSA) is 78.4 Å². The second-order valence-corrected chi connectivity index (χ2v) is 8.58. The standard InChI is InChI=1S/C22H31N5O2S/c1-4-26(5-2)13-11-24-20(28)18-9-7-12-27(15-18)22(29)19-16(3)25-21(30-19)17-8-6-10-23-14-17/h6,8,10,14,18H,4-5,7,9,11-13,15H2,1-3H3,(H,24,28). The molecule has 2 aromatic rings. The van der Waals surface area contributed by atoms with Crippen LogP contribution in [0.1, 0.15) is 42.1 Å². The maximum atomic E-state index is 13.2. The third-order valence-corrected chi connectivity index (χ3v) is 6.79. The Morgan fingerprint density at radius 1 is 1.33 bits per heavy atom. The number of aryl methyl sites for hydroxylation is 1. The fourth-order valence-electron chi connectivity index (χ4n) is 3.75. The second kappa shape index (κ2) is 10.6. The Balaban J connectivity index is 1.60. The number of likely N-dealkylation sites (tertiary alicyclic amines) is 1. The number of hydrogen-bond acceptors (Lipinski definition) is 6. The van der Waals surface area contributed by atoms with E-state index in [9.17, 15) is 9.59 Å². The quantitative estimate of drug-likeness (QED) is 0.698. The number of likely N-dealkylation sites (N-methyl/N-ethyl adjacent to an activating group) is 1. The van der Waals surface area contributed by atoms with E-state index in [0.717, 1.165) is 48.7 Å². The zero-order valence-corrected chi connectivity index (χ0v) is 18.9. The van der Waals surface area contributed by atoms with Crippen molar-refractivity contribution in [3.63, 3.8) is 0 Å². The first-order valence-electron chi connectivity index (χ1n) is 10.7. The molecule has 3 heterocycles. The molecule has 1 N–H and O–H groups in total. The van der Waals surface area contributed by atoms with Gasteiger partial charge in [0.1, 0.15) is 9.88 Å². The monoisotopic (exact) mass is 429 g/mol. The van der Waals surface area contributed by atoms with Gasteiger partial charge in [-0.25, -0.2) is 4.98 Å². The zero-order valence-electron chi connectivity index (χ0n) is 18.1. The van der Waals surface area contributed by atoms with Crippen molar-refractivity contribution in [1.29, 1.82) is 0 Å². The normalized spacial score (nSPS) is 16.7. The molecule has 0 spiro atoms. The van der Waals surface area contributed by atoms with E-state index < -0.39 is 0 Å². The molecule has 0 aromatic carbocycles. The molecule has 1 fully saturated rings. The fraction of sp³-hybridized carbons (Fsp3) is 0.545. The minimum Gasteiger partial charge on any atom is -0.355 e. The van der Waals surface area contributed by atoms with Gasteiger partial charge in [-0.05, 0) is 45.0 Å². The molecule has 7 nitrogen and oxygen atoms in total. The summed E-state index contributed by atoms with van der Waals surface area (Å²) < 4.78 is 0. The Morgan fingerprint density at radius 2 is 2.13 bits per heavy atom. The van der Waals surface area contributed by atoms with E-state index in [2.05, 4.69) is 34.0 Å². The third kappa shape index (κ3) is 5.43. The number of piperidine rings is 1. The molecule has 1 saturated heterocycles. The van der Waals surface area contributed by atoms with Crippen molar-refractivity contribution in [2.75, 3.05) is 39.3 Å². The Morgan fingerprint density at radius 3 is 2.83 bits per heavy atom. The molecular weight excluding hydrogens is 398 g/mol. The molecule has 1 aliphatic heterocycles. The first kappa shape index (κ1) is 22.4. The van der Waals surface area contributed by atoms with Crippen LogP contribution >= 0.6 is 11.3 Å². The van der Waals surface area contributed by atoms with Gasteiger partial charge in [0.15, 0.2) is 0 Å². The molecule has 0 aliphatic carbocycles. The average molecular weight is 430 g/mol. The maximum absolute atomic E-state index is 13.2. The summed E-state index contributed by atoms with van der Waals surface area (Å²) in [4.78, 5) is 39.2. The van der Waals surface area contributed by atoms with Crippen molar-refractivity contribution in [3.8, 4) is 10.6 Å². The SMILES string of the molecule is CCN(CC)CCNC(=O)C1CCCN(C(=O)c2sc(-c3cccnc3)nc2C)C1. The third-order valence-electron chi connectivity index (χ3n) is 5.60. The van der Waals surface area contributed by atoms with E-state index in [1.54, 1.807) is 12.4 Å². The van der Waals surface area contributed by atoms with Gasteiger partial charge < -0.3 is 15.1 Å². The van der Waals surface area contributed by atoms with E-state index in [4.69, 9.17) is 0 Å². The van der Waals surface area contributed by atoms with Crippen molar-refractivity contribution < 1.29 is 9.59 Å². The van der Waals surface area contributed by atoms with Crippen molar-refractivity contribution in [3.05, 3.63) is 35.1 Å². The molecule has 162 valence electrons. The average Bonchev–Trinajstić information content (AvgIpc) is 3.18. The van der Waals surface area contributed by atoms with Gasteiger partial charge in [-0.1, -0.05) is 13.8 Å². The molecule has 0 saturated carbocycles. The molecule has 2 aromatic heterocycles. The van der Waals surface area contributed by atoms with E-state index in [1.807, 2.05) is 24.0 Å². The molecule has 30 heavy (non-hydrogen) atoms. The highest BCUT2D eigenvalue weighted by molar-refractivity contribution is 7.17. The smallest absolute Gasteiger partial charge is 0.265 e. The number of nitrogens with zero attached hydrogens (tertiary/aromatic N) is 4. The van der Waals surface area contributed by atoms with Gasteiger partial charge in [-0.15, -0.1) is 11.3 Å². The van der Waals surface area contributed by atoms with Crippen LogP contribution in [0.15, 0.2) is 24.5 Å². The number of rotatable bonds is 8. The van der Waals surface area contributed by atoms with E-state index >= 15 is 0 Å². The maximum Gasteiger partial charge on any atom is 0.265 e. The van der Waals surface area contributed by atoms with Gasteiger partial charge in [0.2, 0.25) is 5.91 Å². The molecular formula is C22H31N5O2S. The molecule has 0 radical (unpaired) electrons. The number of pyridine rings is 1. The molecule has 2 amide bonds. The first-order valence-corrected chi connectivity index (χ1v) is 11.5. The van der Waals surface area contributed by atoms with Crippen LogP contribution in [0.4, 0.5) is 0 Å². The number of carbonyl (C=O) groups is 2. The summed E-state index contributed by atoms with van der Waals surface area (Å²) in [5.41, 5.74) is 1.64. The van der Waals surface area contributed by atoms with Crippen molar-refractivity contribution in [1.82, 2.24) is 25.1 Å². The highest BCUT2D eigenvalue weighted by atomic mass is 32.1. The van der Waals surface area contributed by atoms with Gasteiger partial charge in [0.05, 0.1) is 11.6 Å². The number of aromatic nitrogens is 2. The Labute approximate surface area is 182 Å². The van der Waals surface area contributed by atoms with Crippen LogP contribution < -0.4 is 5.32 Å². The molecule has 8 heteroatoms. The van der Waals surface area contributed by atoms with E-state index in [-0.39, 0.29) is 17.7 Å². The highest BCUT2D eigenvalue weighted by Gasteiger charge is 2.30. The lowest BCUT2D eigenvalue weighted by molar-refractivity contribution is -0.126. The van der Waals surface area contributed by atoms with Gasteiger partial charge in [-0.2, -0.15) is 0 Å².